The lowest BCUT2D eigenvalue weighted by Gasteiger charge is -2.22. The first-order valence-electron chi connectivity index (χ1n) is 6.20. The molecular formula is C13H16N2O4S. The average molecular weight is 296 g/mol. The second-order valence-electron chi connectivity index (χ2n) is 4.58. The Hall–Kier alpha value is -1.62. The molecule has 2 rings (SSSR count). The van der Waals surface area contributed by atoms with E-state index < -0.39 is 10.0 Å². The first-order valence-corrected chi connectivity index (χ1v) is 7.75. The third-order valence-corrected chi connectivity index (χ3v) is 3.99. The van der Waals surface area contributed by atoms with Crippen molar-refractivity contribution in [2.24, 2.45) is 11.1 Å². The Kier molecular flexibility index (Phi) is 4.60. The molecule has 1 aliphatic rings. The van der Waals surface area contributed by atoms with Crippen molar-refractivity contribution in [3.8, 4) is 18.2 Å². The molecule has 1 aliphatic heterocycles. The topological polar surface area (TPSA) is 91.5 Å². The molecule has 7 heteroatoms. The molecule has 2 N–H and O–H groups in total. The Bertz CT molecular complexity index is 616. The van der Waals surface area contributed by atoms with Crippen LogP contribution in [0, 0.1) is 18.3 Å². The van der Waals surface area contributed by atoms with E-state index in [2.05, 4.69) is 10.9 Å². The number of aromatic nitrogens is 1. The summed E-state index contributed by atoms with van der Waals surface area (Å²) in [5.41, 5.74) is 0.281. The van der Waals surface area contributed by atoms with E-state index in [1.54, 1.807) is 0 Å². The molecule has 0 spiro atoms. The third kappa shape index (κ3) is 3.70. The first kappa shape index (κ1) is 14.8. The molecule has 0 amide bonds. The maximum Gasteiger partial charge on any atom is 0.239 e. The van der Waals surface area contributed by atoms with Crippen molar-refractivity contribution in [3.63, 3.8) is 0 Å². The van der Waals surface area contributed by atoms with E-state index in [1.807, 2.05) is 0 Å². The molecule has 20 heavy (non-hydrogen) atoms. The van der Waals surface area contributed by atoms with Crippen molar-refractivity contribution < 1.29 is 17.9 Å². The van der Waals surface area contributed by atoms with Gasteiger partial charge in [-0.15, -0.1) is 6.42 Å². The second kappa shape index (κ2) is 6.22. The minimum Gasteiger partial charge on any atom is -0.476 e. The van der Waals surface area contributed by atoms with Crippen LogP contribution in [0.1, 0.15) is 18.4 Å². The fourth-order valence-electron chi connectivity index (χ4n) is 1.92. The van der Waals surface area contributed by atoms with Gasteiger partial charge in [-0.25, -0.2) is 18.5 Å². The van der Waals surface area contributed by atoms with Gasteiger partial charge in [0.05, 0.1) is 18.4 Å². The van der Waals surface area contributed by atoms with Crippen LogP contribution in [0.15, 0.2) is 17.2 Å². The van der Waals surface area contributed by atoms with Gasteiger partial charge in [0, 0.05) is 13.2 Å². The quantitative estimate of drug-likeness (QED) is 0.818. The van der Waals surface area contributed by atoms with Crippen LogP contribution in [-0.2, 0) is 14.8 Å². The number of nitrogens with two attached hydrogens (primary N) is 1. The molecule has 0 aliphatic carbocycles. The lowest BCUT2D eigenvalue weighted by Crippen LogP contribution is -2.22. The van der Waals surface area contributed by atoms with Gasteiger partial charge >= 0.3 is 0 Å². The smallest absolute Gasteiger partial charge is 0.239 e. The minimum absolute atomic E-state index is 0.121. The SMILES string of the molecule is C#Cc1cc(S(N)(=O)=O)cnc1OCC1CCOCC1. The van der Waals surface area contributed by atoms with Crippen molar-refractivity contribution in [3.05, 3.63) is 17.8 Å². The van der Waals surface area contributed by atoms with Gasteiger partial charge in [0.15, 0.2) is 0 Å². The van der Waals surface area contributed by atoms with Crippen molar-refractivity contribution >= 4 is 10.0 Å². The molecule has 0 atom stereocenters. The van der Waals surface area contributed by atoms with Crippen LogP contribution in [0.5, 0.6) is 5.88 Å². The van der Waals surface area contributed by atoms with Gasteiger partial charge in [-0.1, -0.05) is 5.92 Å². The maximum atomic E-state index is 11.2. The van der Waals surface area contributed by atoms with Crippen LogP contribution in [0.3, 0.4) is 0 Å². The highest BCUT2D eigenvalue weighted by Gasteiger charge is 2.17. The summed E-state index contributed by atoms with van der Waals surface area (Å²) in [6.45, 7) is 1.95. The number of terminal acetylenes is 1. The molecule has 0 saturated carbocycles. The van der Waals surface area contributed by atoms with Crippen LogP contribution >= 0.6 is 0 Å². The van der Waals surface area contributed by atoms with E-state index >= 15 is 0 Å². The Labute approximate surface area is 118 Å². The standard InChI is InChI=1S/C13H16N2O4S/c1-2-11-7-12(20(14,16)17)8-15-13(11)19-9-10-3-5-18-6-4-10/h1,7-8,10H,3-6,9H2,(H2,14,16,17). The molecule has 0 bridgehead atoms. The van der Waals surface area contributed by atoms with Crippen LogP contribution < -0.4 is 9.88 Å². The van der Waals surface area contributed by atoms with Crippen LogP contribution in [0.2, 0.25) is 0 Å². The molecule has 1 fully saturated rings. The first-order chi connectivity index (χ1) is 9.50. The zero-order valence-electron chi connectivity index (χ0n) is 10.9. The van der Waals surface area contributed by atoms with Gasteiger partial charge in [0.25, 0.3) is 0 Å². The number of ether oxygens (including phenoxy) is 2. The van der Waals surface area contributed by atoms with E-state index in [1.165, 1.54) is 6.07 Å². The fourth-order valence-corrected chi connectivity index (χ4v) is 2.40. The number of pyridine rings is 1. The molecule has 108 valence electrons. The number of nitrogens with zero attached hydrogens (tertiary/aromatic N) is 1. The summed E-state index contributed by atoms with van der Waals surface area (Å²) in [5.74, 6) is 3.02. The van der Waals surface area contributed by atoms with Gasteiger partial charge < -0.3 is 9.47 Å². The Balaban J connectivity index is 2.10. The Morgan fingerprint density at radius 2 is 2.20 bits per heavy atom. The van der Waals surface area contributed by atoms with Crippen LogP contribution in [0.25, 0.3) is 0 Å². The van der Waals surface area contributed by atoms with Crippen molar-refractivity contribution in [2.75, 3.05) is 19.8 Å². The van der Waals surface area contributed by atoms with Gasteiger partial charge in [0.1, 0.15) is 4.90 Å². The molecule has 1 aromatic heterocycles. The number of hydrogen-bond donors (Lipinski definition) is 1. The predicted molar refractivity (Wildman–Crippen MR) is 72.6 cm³/mol. The van der Waals surface area contributed by atoms with Crippen LogP contribution in [-0.4, -0.2) is 33.2 Å². The monoisotopic (exact) mass is 296 g/mol. The van der Waals surface area contributed by atoms with Gasteiger partial charge in [-0.05, 0) is 24.8 Å². The van der Waals surface area contributed by atoms with E-state index in [4.69, 9.17) is 21.0 Å². The summed E-state index contributed by atoms with van der Waals surface area (Å²) in [5, 5.41) is 5.03. The molecule has 1 aromatic rings. The highest BCUT2D eigenvalue weighted by Crippen LogP contribution is 2.21. The molecule has 0 radical (unpaired) electrons. The maximum absolute atomic E-state index is 11.2. The zero-order valence-corrected chi connectivity index (χ0v) is 11.7. The number of rotatable bonds is 4. The van der Waals surface area contributed by atoms with Gasteiger partial charge in [0.2, 0.25) is 15.9 Å². The van der Waals surface area contributed by atoms with Crippen LogP contribution in [0.4, 0.5) is 0 Å². The van der Waals surface area contributed by atoms with Crippen molar-refractivity contribution in [2.45, 2.75) is 17.7 Å². The summed E-state index contributed by atoms with van der Waals surface area (Å²) in [4.78, 5) is 3.82. The van der Waals surface area contributed by atoms with E-state index in [9.17, 15) is 8.42 Å². The number of primary sulfonamides is 1. The third-order valence-electron chi connectivity index (χ3n) is 3.11. The highest BCUT2D eigenvalue weighted by atomic mass is 32.2. The lowest BCUT2D eigenvalue weighted by atomic mass is 10.0. The molecule has 6 nitrogen and oxygen atoms in total. The predicted octanol–water partition coefficient (Wildman–Crippen LogP) is 0.516. The zero-order chi connectivity index (χ0) is 14.6. The average Bonchev–Trinajstić information content (AvgIpc) is 2.45. The minimum atomic E-state index is -3.82. The van der Waals surface area contributed by atoms with Crippen molar-refractivity contribution in [1.29, 1.82) is 0 Å². The summed E-state index contributed by atoms with van der Waals surface area (Å²) >= 11 is 0. The molecule has 2 heterocycles. The van der Waals surface area contributed by atoms with Gasteiger partial charge in [-0.2, -0.15) is 0 Å². The summed E-state index contributed by atoms with van der Waals surface area (Å²) in [7, 11) is -3.82. The largest absolute Gasteiger partial charge is 0.476 e. The molecule has 0 unspecified atom stereocenters. The molecule has 0 aromatic carbocycles. The van der Waals surface area contributed by atoms with E-state index in [0.29, 0.717) is 12.5 Å². The van der Waals surface area contributed by atoms with E-state index in [-0.39, 0.29) is 16.3 Å². The molecular weight excluding hydrogens is 280 g/mol. The normalized spacial score (nSPS) is 16.6. The summed E-state index contributed by atoms with van der Waals surface area (Å²) in [6.07, 6.45) is 8.36. The molecule has 1 saturated heterocycles. The second-order valence-corrected chi connectivity index (χ2v) is 6.14. The highest BCUT2D eigenvalue weighted by molar-refractivity contribution is 7.89. The Morgan fingerprint density at radius 1 is 1.50 bits per heavy atom. The Morgan fingerprint density at radius 3 is 2.80 bits per heavy atom. The summed E-state index contributed by atoms with van der Waals surface area (Å²) in [6, 6.07) is 1.29. The van der Waals surface area contributed by atoms with Gasteiger partial charge in [-0.3, -0.25) is 0 Å². The summed E-state index contributed by atoms with van der Waals surface area (Å²) < 4.78 is 33.3. The van der Waals surface area contributed by atoms with E-state index in [0.717, 1.165) is 32.3 Å². The number of sulfonamides is 1. The van der Waals surface area contributed by atoms with Crippen molar-refractivity contribution in [1.82, 2.24) is 4.98 Å². The lowest BCUT2D eigenvalue weighted by molar-refractivity contribution is 0.0490. The fraction of sp³-hybridized carbons (Fsp3) is 0.462. The number of hydrogen-bond acceptors (Lipinski definition) is 5.